The van der Waals surface area contributed by atoms with Crippen molar-refractivity contribution in [3.63, 3.8) is 0 Å². The Bertz CT molecular complexity index is 1080. The minimum absolute atomic E-state index is 0.637. The summed E-state index contributed by atoms with van der Waals surface area (Å²) in [6.45, 7) is 5.10. The second kappa shape index (κ2) is 20.5. The summed E-state index contributed by atoms with van der Waals surface area (Å²) in [5.74, 6) is 6.70. The van der Waals surface area contributed by atoms with E-state index in [-0.39, 0.29) is 0 Å². The molecule has 0 amide bonds. The van der Waals surface area contributed by atoms with E-state index < -0.39 is 0 Å². The average Bonchev–Trinajstić information content (AvgIpc) is 3.12. The van der Waals surface area contributed by atoms with Gasteiger partial charge in [0.15, 0.2) is 0 Å². The zero-order valence-corrected chi connectivity index (χ0v) is 27.8. The Balaban J connectivity index is 1.04. The fourth-order valence-electron chi connectivity index (χ4n) is 4.87. The molecule has 8 heteroatoms. The monoisotopic (exact) mass is 656 g/mol. The largest absolute Gasteiger partial charge is 0.494 e. The smallest absolute Gasteiger partial charge is 0.119 e. The quantitative estimate of drug-likeness (QED) is 0.186. The molecule has 0 saturated heterocycles. The zero-order chi connectivity index (χ0) is 32.9. The predicted molar refractivity (Wildman–Crippen MR) is 187 cm³/mol. The van der Waals surface area contributed by atoms with Crippen LogP contribution in [0.25, 0.3) is 0 Å². The molecule has 0 atom stereocenters. The third-order valence-corrected chi connectivity index (χ3v) is 7.60. The van der Waals surface area contributed by atoms with Crippen LogP contribution in [0.4, 0.5) is 0 Å². The second-order valence-electron chi connectivity index (χ2n) is 11.5. The fourth-order valence-corrected chi connectivity index (χ4v) is 4.87. The predicted octanol–water partition coefficient (Wildman–Crippen LogP) is 8.95. The molecular weight excluding hydrogens is 608 g/mol. The molecule has 0 radical (unpaired) electrons. The fraction of sp³-hybridized carbons (Fsp3) is 0.400. The van der Waals surface area contributed by atoms with Crippen LogP contribution in [0.5, 0.6) is 46.0 Å². The van der Waals surface area contributed by atoms with Gasteiger partial charge >= 0.3 is 0 Å². The Labute approximate surface area is 284 Å². The summed E-state index contributed by atoms with van der Waals surface area (Å²) in [4.78, 5) is 0. The molecule has 0 fully saturated rings. The molecule has 0 spiro atoms. The van der Waals surface area contributed by atoms with Gasteiger partial charge in [-0.3, -0.25) is 0 Å². The van der Waals surface area contributed by atoms with Gasteiger partial charge in [0.1, 0.15) is 46.0 Å². The van der Waals surface area contributed by atoms with Gasteiger partial charge in [-0.25, -0.2) is 0 Å². The van der Waals surface area contributed by atoms with E-state index in [1.54, 1.807) is 0 Å². The molecule has 0 aliphatic carbocycles. The molecule has 48 heavy (non-hydrogen) atoms. The van der Waals surface area contributed by atoms with Gasteiger partial charge in [-0.15, -0.1) is 0 Å². The van der Waals surface area contributed by atoms with Gasteiger partial charge < -0.3 is 37.9 Å². The van der Waals surface area contributed by atoms with Crippen molar-refractivity contribution in [2.45, 2.75) is 51.4 Å². The number of benzene rings is 4. The second-order valence-corrected chi connectivity index (χ2v) is 11.5. The van der Waals surface area contributed by atoms with Crippen LogP contribution >= 0.6 is 0 Å². The Morgan fingerprint density at radius 1 is 0.188 bits per heavy atom. The van der Waals surface area contributed by atoms with Crippen LogP contribution in [0.3, 0.4) is 0 Å². The minimum atomic E-state index is 0.637. The summed E-state index contributed by atoms with van der Waals surface area (Å²) >= 11 is 0. The molecule has 0 N–H and O–H groups in total. The molecule has 10 heterocycles. The van der Waals surface area contributed by atoms with Crippen LogP contribution < -0.4 is 37.9 Å². The summed E-state index contributed by atoms with van der Waals surface area (Å²) in [5.41, 5.74) is 0. The summed E-state index contributed by atoms with van der Waals surface area (Å²) in [5, 5.41) is 0. The van der Waals surface area contributed by atoms with Gasteiger partial charge in [0.05, 0.1) is 52.9 Å². The van der Waals surface area contributed by atoms with Crippen molar-refractivity contribution in [1.29, 1.82) is 0 Å². The van der Waals surface area contributed by atoms with Crippen molar-refractivity contribution in [3.8, 4) is 46.0 Å². The summed E-state index contributed by atoms with van der Waals surface area (Å²) in [6.07, 6.45) is 7.25. The lowest BCUT2D eigenvalue weighted by molar-refractivity contribution is 0.259. The van der Waals surface area contributed by atoms with Crippen LogP contribution in [0.2, 0.25) is 0 Å². The Hall–Kier alpha value is -4.72. The highest BCUT2D eigenvalue weighted by Gasteiger charge is 2.03. The standard InChI is InChI=1S/C40H48O8/c1-2-26-42-34-13-15-36(16-14-34)44-28-5-6-30-46-38-21-23-40(24-22-38)48-32-8-7-31-47-39-19-17-37(18-20-39)45-29-4-3-27-43-35-11-9-33(10-12-35)41-25-1/h9-24H,1-8,25-32H2. The molecule has 10 aliphatic rings. The molecule has 0 aromatic heterocycles. The van der Waals surface area contributed by atoms with Gasteiger partial charge in [0.25, 0.3) is 0 Å². The highest BCUT2D eigenvalue weighted by molar-refractivity contribution is 5.33. The molecule has 10 aliphatic heterocycles. The SMILES string of the molecule is c1cc2ccc1OCCCCOc1ccc(cc1)OCCCCOc1ccc(cc1)OCCCCOc1ccc(cc1)OCCCCO2. The van der Waals surface area contributed by atoms with E-state index in [0.29, 0.717) is 52.9 Å². The van der Waals surface area contributed by atoms with Crippen LogP contribution in [0.1, 0.15) is 51.4 Å². The first kappa shape index (κ1) is 34.6. The molecule has 8 nitrogen and oxygen atoms in total. The maximum absolute atomic E-state index is 5.89. The topological polar surface area (TPSA) is 73.8 Å². The summed E-state index contributed by atoms with van der Waals surface area (Å²) in [6, 6.07) is 31.2. The van der Waals surface area contributed by atoms with Crippen molar-refractivity contribution in [3.05, 3.63) is 97.1 Å². The molecule has 14 rings (SSSR count). The van der Waals surface area contributed by atoms with E-state index in [9.17, 15) is 0 Å². The van der Waals surface area contributed by atoms with Crippen molar-refractivity contribution in [2.75, 3.05) is 52.9 Å². The van der Waals surface area contributed by atoms with Crippen molar-refractivity contribution < 1.29 is 37.9 Å². The zero-order valence-electron chi connectivity index (χ0n) is 27.8. The molecule has 0 unspecified atom stereocenters. The Morgan fingerprint density at radius 2 is 0.292 bits per heavy atom. The van der Waals surface area contributed by atoms with Crippen molar-refractivity contribution in [2.24, 2.45) is 0 Å². The van der Waals surface area contributed by atoms with Crippen molar-refractivity contribution in [1.82, 2.24) is 0 Å². The van der Waals surface area contributed by atoms with Gasteiger partial charge in [0, 0.05) is 0 Å². The Morgan fingerprint density at radius 3 is 0.396 bits per heavy atom. The van der Waals surface area contributed by atoms with Crippen LogP contribution in [0, 0.1) is 0 Å². The molecule has 4 aromatic rings. The number of hydrogen-bond acceptors (Lipinski definition) is 8. The van der Waals surface area contributed by atoms with Crippen LogP contribution in [0.15, 0.2) is 97.1 Å². The van der Waals surface area contributed by atoms with E-state index in [0.717, 1.165) is 97.4 Å². The van der Waals surface area contributed by atoms with Gasteiger partial charge in [-0.1, -0.05) is 0 Å². The summed E-state index contributed by atoms with van der Waals surface area (Å²) in [7, 11) is 0. The maximum atomic E-state index is 5.89. The van der Waals surface area contributed by atoms with Gasteiger partial charge in [0.2, 0.25) is 0 Å². The first-order valence-electron chi connectivity index (χ1n) is 17.2. The molecule has 8 bridgehead atoms. The lowest BCUT2D eigenvalue weighted by Gasteiger charge is -2.11. The van der Waals surface area contributed by atoms with Crippen LogP contribution in [-0.4, -0.2) is 52.9 Å². The summed E-state index contributed by atoms with van der Waals surface area (Å²) < 4.78 is 47.1. The first-order valence-corrected chi connectivity index (χ1v) is 17.2. The van der Waals surface area contributed by atoms with Gasteiger partial charge in [-0.05, 0) is 148 Å². The maximum Gasteiger partial charge on any atom is 0.119 e. The van der Waals surface area contributed by atoms with E-state index in [4.69, 9.17) is 37.9 Å². The minimum Gasteiger partial charge on any atom is -0.494 e. The highest BCUT2D eigenvalue weighted by atomic mass is 16.5. The first-order chi connectivity index (χ1) is 23.8. The molecule has 0 saturated carbocycles. The molecule has 256 valence electrons. The van der Waals surface area contributed by atoms with E-state index in [2.05, 4.69) is 0 Å². The third-order valence-electron chi connectivity index (χ3n) is 7.60. The van der Waals surface area contributed by atoms with Gasteiger partial charge in [-0.2, -0.15) is 0 Å². The molecular formula is C40H48O8. The van der Waals surface area contributed by atoms with E-state index in [1.807, 2.05) is 97.1 Å². The highest BCUT2D eigenvalue weighted by Crippen LogP contribution is 2.22. The van der Waals surface area contributed by atoms with E-state index in [1.165, 1.54) is 0 Å². The normalized spacial score (nSPS) is 16.3. The molecule has 4 aromatic carbocycles. The Kier molecular flexibility index (Phi) is 14.8. The number of ether oxygens (including phenoxy) is 8. The lowest BCUT2D eigenvalue weighted by Crippen LogP contribution is -2.04. The number of rotatable bonds is 0. The van der Waals surface area contributed by atoms with E-state index >= 15 is 0 Å². The average molecular weight is 657 g/mol. The van der Waals surface area contributed by atoms with Crippen LogP contribution in [-0.2, 0) is 0 Å². The van der Waals surface area contributed by atoms with Crippen molar-refractivity contribution >= 4 is 0 Å². The number of hydrogen-bond donors (Lipinski definition) is 0. The lowest BCUT2D eigenvalue weighted by atomic mass is 10.3. The third kappa shape index (κ3) is 13.2.